The molecule has 1 aromatic carbocycles. The van der Waals surface area contributed by atoms with Gasteiger partial charge in [0.2, 0.25) is 5.91 Å². The van der Waals surface area contributed by atoms with E-state index in [9.17, 15) is 4.79 Å². The zero-order chi connectivity index (χ0) is 14.0. The Morgan fingerprint density at radius 1 is 1.26 bits per heavy atom. The largest absolute Gasteiger partial charge is 0.319 e. The molecular formula is C16H24N2O. The number of carbonyl (C=O) groups excluding carboxylic acids is 1. The van der Waals surface area contributed by atoms with E-state index in [4.69, 9.17) is 0 Å². The van der Waals surface area contributed by atoms with E-state index >= 15 is 0 Å². The quantitative estimate of drug-likeness (QED) is 0.902. The normalized spacial score (nSPS) is 26.5. The van der Waals surface area contributed by atoms with Gasteiger partial charge in [-0.05, 0) is 25.3 Å². The van der Waals surface area contributed by atoms with Gasteiger partial charge in [0, 0.05) is 6.04 Å². The molecule has 1 aromatic rings. The fourth-order valence-corrected chi connectivity index (χ4v) is 2.68. The van der Waals surface area contributed by atoms with Crippen LogP contribution in [0.3, 0.4) is 0 Å². The Morgan fingerprint density at radius 3 is 2.47 bits per heavy atom. The fourth-order valence-electron chi connectivity index (χ4n) is 2.68. The smallest absolute Gasteiger partial charge is 0.241 e. The van der Waals surface area contributed by atoms with Gasteiger partial charge in [0.1, 0.15) is 6.17 Å². The SMILES string of the molecule is CCC(C)C(C)N1C(=O)C(C)NC1c1ccccc1. The Labute approximate surface area is 116 Å². The Kier molecular flexibility index (Phi) is 4.25. The van der Waals surface area contributed by atoms with Gasteiger partial charge in [0.15, 0.2) is 0 Å². The van der Waals surface area contributed by atoms with Crippen molar-refractivity contribution in [2.75, 3.05) is 0 Å². The summed E-state index contributed by atoms with van der Waals surface area (Å²) in [4.78, 5) is 14.4. The van der Waals surface area contributed by atoms with Gasteiger partial charge in [-0.3, -0.25) is 10.1 Å². The molecule has 4 atom stereocenters. The summed E-state index contributed by atoms with van der Waals surface area (Å²) in [5.41, 5.74) is 1.16. The number of nitrogens with zero attached hydrogens (tertiary/aromatic N) is 1. The average Bonchev–Trinajstić information content (AvgIpc) is 2.74. The number of benzene rings is 1. The Hall–Kier alpha value is -1.35. The first-order valence-electron chi connectivity index (χ1n) is 7.19. The first kappa shape index (κ1) is 14.1. The van der Waals surface area contributed by atoms with Crippen LogP contribution in [0.2, 0.25) is 0 Å². The van der Waals surface area contributed by atoms with Gasteiger partial charge in [0.05, 0.1) is 6.04 Å². The predicted octanol–water partition coefficient (Wildman–Crippen LogP) is 2.94. The number of carbonyl (C=O) groups is 1. The van der Waals surface area contributed by atoms with E-state index in [2.05, 4.69) is 38.2 Å². The molecule has 0 aromatic heterocycles. The van der Waals surface area contributed by atoms with E-state index in [1.165, 1.54) is 0 Å². The molecule has 104 valence electrons. The monoisotopic (exact) mass is 260 g/mol. The summed E-state index contributed by atoms with van der Waals surface area (Å²) >= 11 is 0. The zero-order valence-corrected chi connectivity index (χ0v) is 12.3. The molecule has 1 aliphatic heterocycles. The summed E-state index contributed by atoms with van der Waals surface area (Å²) in [6.45, 7) is 8.49. The molecule has 1 saturated heterocycles. The van der Waals surface area contributed by atoms with Crippen LogP contribution in [0.25, 0.3) is 0 Å². The third-order valence-electron chi connectivity index (χ3n) is 4.33. The third kappa shape index (κ3) is 2.66. The standard InChI is InChI=1S/C16H24N2O/c1-5-11(2)13(4)18-15(17-12(3)16(18)19)14-9-7-6-8-10-14/h6-13,15,17H,5H2,1-4H3. The van der Waals surface area contributed by atoms with E-state index in [1.54, 1.807) is 0 Å². The van der Waals surface area contributed by atoms with Crippen LogP contribution in [0.1, 0.15) is 45.8 Å². The molecule has 1 N–H and O–H groups in total. The lowest BCUT2D eigenvalue weighted by molar-refractivity contribution is -0.132. The van der Waals surface area contributed by atoms with Crippen molar-refractivity contribution in [2.24, 2.45) is 5.92 Å². The van der Waals surface area contributed by atoms with Gasteiger partial charge >= 0.3 is 0 Å². The van der Waals surface area contributed by atoms with Crippen LogP contribution in [0.5, 0.6) is 0 Å². The maximum atomic E-state index is 12.4. The summed E-state index contributed by atoms with van der Waals surface area (Å²) in [6.07, 6.45) is 1.09. The molecule has 0 aliphatic carbocycles. The van der Waals surface area contributed by atoms with E-state index in [0.29, 0.717) is 5.92 Å². The second-order valence-corrected chi connectivity index (χ2v) is 5.57. The Morgan fingerprint density at radius 2 is 1.89 bits per heavy atom. The van der Waals surface area contributed by atoms with Crippen molar-refractivity contribution in [1.82, 2.24) is 10.2 Å². The van der Waals surface area contributed by atoms with E-state index in [0.717, 1.165) is 12.0 Å². The van der Waals surface area contributed by atoms with Crippen molar-refractivity contribution in [3.63, 3.8) is 0 Å². The highest BCUT2D eigenvalue weighted by Gasteiger charge is 2.40. The molecule has 0 spiro atoms. The van der Waals surface area contributed by atoms with Crippen LogP contribution in [0.4, 0.5) is 0 Å². The van der Waals surface area contributed by atoms with Gasteiger partial charge in [-0.2, -0.15) is 0 Å². The number of rotatable bonds is 4. The minimum atomic E-state index is -0.100. The summed E-state index contributed by atoms with van der Waals surface area (Å²) in [5, 5.41) is 3.41. The molecule has 1 amide bonds. The molecule has 19 heavy (non-hydrogen) atoms. The molecule has 1 fully saturated rings. The number of nitrogens with one attached hydrogen (secondary N) is 1. The van der Waals surface area contributed by atoms with Crippen LogP contribution in [0.15, 0.2) is 30.3 Å². The van der Waals surface area contributed by atoms with Crippen LogP contribution >= 0.6 is 0 Å². The highest BCUT2D eigenvalue weighted by atomic mass is 16.2. The molecule has 1 heterocycles. The number of hydrogen-bond donors (Lipinski definition) is 1. The molecule has 3 nitrogen and oxygen atoms in total. The Balaban J connectivity index is 2.29. The summed E-state index contributed by atoms with van der Waals surface area (Å²) in [5.74, 6) is 0.712. The average molecular weight is 260 g/mol. The van der Waals surface area contributed by atoms with Gasteiger partial charge in [-0.1, -0.05) is 50.6 Å². The van der Waals surface area contributed by atoms with Crippen LogP contribution < -0.4 is 5.32 Å². The fraction of sp³-hybridized carbons (Fsp3) is 0.562. The van der Waals surface area contributed by atoms with Crippen molar-refractivity contribution >= 4 is 5.91 Å². The molecular weight excluding hydrogens is 236 g/mol. The lowest BCUT2D eigenvalue weighted by Crippen LogP contribution is -2.41. The third-order valence-corrected chi connectivity index (χ3v) is 4.33. The second-order valence-electron chi connectivity index (χ2n) is 5.57. The first-order chi connectivity index (χ1) is 9.06. The number of amides is 1. The maximum Gasteiger partial charge on any atom is 0.241 e. The maximum absolute atomic E-state index is 12.4. The van der Waals surface area contributed by atoms with Crippen molar-refractivity contribution < 1.29 is 4.79 Å². The summed E-state index contributed by atoms with van der Waals surface area (Å²) in [7, 11) is 0. The molecule has 0 saturated carbocycles. The van der Waals surface area contributed by atoms with E-state index < -0.39 is 0 Å². The van der Waals surface area contributed by atoms with Crippen molar-refractivity contribution in [1.29, 1.82) is 0 Å². The van der Waals surface area contributed by atoms with Crippen molar-refractivity contribution in [3.05, 3.63) is 35.9 Å². The first-order valence-corrected chi connectivity index (χ1v) is 7.19. The minimum Gasteiger partial charge on any atom is -0.319 e. The van der Waals surface area contributed by atoms with E-state index in [-0.39, 0.29) is 24.2 Å². The molecule has 1 aliphatic rings. The zero-order valence-electron chi connectivity index (χ0n) is 12.3. The Bertz CT molecular complexity index is 432. The lowest BCUT2D eigenvalue weighted by atomic mass is 9.98. The minimum absolute atomic E-state index is 0.00713. The molecule has 0 radical (unpaired) electrons. The lowest BCUT2D eigenvalue weighted by Gasteiger charge is -2.34. The molecule has 3 heteroatoms. The molecule has 0 bridgehead atoms. The van der Waals surface area contributed by atoms with Gasteiger partial charge in [-0.25, -0.2) is 0 Å². The van der Waals surface area contributed by atoms with Crippen molar-refractivity contribution in [2.45, 2.75) is 52.4 Å². The van der Waals surface area contributed by atoms with Crippen LogP contribution in [0, 0.1) is 5.92 Å². The second kappa shape index (κ2) is 5.74. The molecule has 2 rings (SSSR count). The van der Waals surface area contributed by atoms with E-state index in [1.807, 2.05) is 30.0 Å². The van der Waals surface area contributed by atoms with Crippen LogP contribution in [-0.2, 0) is 4.79 Å². The highest BCUT2D eigenvalue weighted by molar-refractivity contribution is 5.84. The highest BCUT2D eigenvalue weighted by Crippen LogP contribution is 2.30. The van der Waals surface area contributed by atoms with Crippen LogP contribution in [-0.4, -0.2) is 22.9 Å². The van der Waals surface area contributed by atoms with Gasteiger partial charge in [0.25, 0.3) is 0 Å². The number of hydrogen-bond acceptors (Lipinski definition) is 2. The summed E-state index contributed by atoms with van der Waals surface area (Å²) in [6, 6.07) is 10.4. The van der Waals surface area contributed by atoms with Gasteiger partial charge < -0.3 is 4.90 Å². The summed E-state index contributed by atoms with van der Waals surface area (Å²) < 4.78 is 0. The van der Waals surface area contributed by atoms with Crippen molar-refractivity contribution in [3.8, 4) is 0 Å². The van der Waals surface area contributed by atoms with Gasteiger partial charge in [-0.15, -0.1) is 0 Å². The predicted molar refractivity (Wildman–Crippen MR) is 77.5 cm³/mol. The molecule has 4 unspecified atom stereocenters. The topological polar surface area (TPSA) is 32.3 Å².